The van der Waals surface area contributed by atoms with Crippen LogP contribution in [0.5, 0.6) is 0 Å². The highest BCUT2D eigenvalue weighted by atomic mass is 16.5. The minimum absolute atomic E-state index is 0.0936. The van der Waals surface area contributed by atoms with Crippen molar-refractivity contribution in [2.45, 2.75) is 38.3 Å². The average Bonchev–Trinajstić information content (AvgIpc) is 3.05. The monoisotopic (exact) mass is 266 g/mol. The summed E-state index contributed by atoms with van der Waals surface area (Å²) in [5, 5.41) is 6.20. The van der Waals surface area contributed by atoms with Gasteiger partial charge in [-0.3, -0.25) is 4.79 Å². The van der Waals surface area contributed by atoms with Crippen LogP contribution in [0.25, 0.3) is 0 Å². The van der Waals surface area contributed by atoms with Crippen LogP contribution in [0, 0.1) is 0 Å². The minimum atomic E-state index is -0.380. The normalized spacial score (nSPS) is 22.6. The molecule has 2 N–H and O–H groups in total. The van der Waals surface area contributed by atoms with E-state index in [0.717, 1.165) is 31.6 Å². The lowest BCUT2D eigenvalue weighted by Crippen LogP contribution is -2.51. The lowest BCUT2D eigenvalue weighted by molar-refractivity contribution is -0.126. The van der Waals surface area contributed by atoms with E-state index in [0.29, 0.717) is 19.8 Å². The van der Waals surface area contributed by atoms with Gasteiger partial charge in [0, 0.05) is 13.2 Å². The van der Waals surface area contributed by atoms with Gasteiger partial charge in [0.15, 0.2) is 0 Å². The standard InChI is InChI=1S/C14H22N2O3/c1-14(6-3-8-16-14)13(17)15-7-4-9-18-11-12-5-2-10-19-12/h2,5,10,16H,3-4,6-9,11H2,1H3,(H,15,17). The van der Waals surface area contributed by atoms with Crippen molar-refractivity contribution in [2.24, 2.45) is 0 Å². The maximum atomic E-state index is 12.0. The molecule has 0 aliphatic carbocycles. The van der Waals surface area contributed by atoms with Gasteiger partial charge in [0.2, 0.25) is 5.91 Å². The zero-order chi connectivity index (χ0) is 13.6. The smallest absolute Gasteiger partial charge is 0.240 e. The van der Waals surface area contributed by atoms with E-state index in [1.165, 1.54) is 0 Å². The van der Waals surface area contributed by atoms with Gasteiger partial charge in [-0.1, -0.05) is 0 Å². The number of hydrogen-bond donors (Lipinski definition) is 2. The zero-order valence-electron chi connectivity index (χ0n) is 11.4. The van der Waals surface area contributed by atoms with Gasteiger partial charge in [-0.15, -0.1) is 0 Å². The minimum Gasteiger partial charge on any atom is -0.467 e. The van der Waals surface area contributed by atoms with E-state index in [2.05, 4.69) is 10.6 Å². The highest BCUT2D eigenvalue weighted by Crippen LogP contribution is 2.18. The summed E-state index contributed by atoms with van der Waals surface area (Å²) >= 11 is 0. The molecule has 106 valence electrons. The molecule has 0 spiro atoms. The second kappa shape index (κ2) is 6.73. The van der Waals surface area contributed by atoms with Crippen molar-refractivity contribution >= 4 is 5.91 Å². The van der Waals surface area contributed by atoms with Gasteiger partial charge >= 0.3 is 0 Å². The van der Waals surface area contributed by atoms with Crippen molar-refractivity contribution in [3.63, 3.8) is 0 Å². The van der Waals surface area contributed by atoms with Gasteiger partial charge in [-0.05, 0) is 44.9 Å². The van der Waals surface area contributed by atoms with Gasteiger partial charge in [-0.25, -0.2) is 0 Å². The fourth-order valence-corrected chi connectivity index (χ4v) is 2.23. The Hall–Kier alpha value is -1.33. The first kappa shape index (κ1) is 14.1. The van der Waals surface area contributed by atoms with Gasteiger partial charge in [0.25, 0.3) is 0 Å². The molecule has 1 aromatic rings. The van der Waals surface area contributed by atoms with Gasteiger partial charge < -0.3 is 19.8 Å². The maximum Gasteiger partial charge on any atom is 0.240 e. The molecule has 1 amide bonds. The number of ether oxygens (including phenoxy) is 1. The van der Waals surface area contributed by atoms with Gasteiger partial charge in [-0.2, -0.15) is 0 Å². The Bertz CT molecular complexity index is 383. The number of nitrogens with one attached hydrogen (secondary N) is 2. The molecule has 2 heterocycles. The molecule has 0 radical (unpaired) electrons. The van der Waals surface area contributed by atoms with E-state index in [1.807, 2.05) is 19.1 Å². The summed E-state index contributed by atoms with van der Waals surface area (Å²) in [6.45, 7) is 4.64. The topological polar surface area (TPSA) is 63.5 Å². The third-order valence-corrected chi connectivity index (χ3v) is 3.45. The van der Waals surface area contributed by atoms with Crippen LogP contribution in [-0.4, -0.2) is 31.1 Å². The third-order valence-electron chi connectivity index (χ3n) is 3.45. The largest absolute Gasteiger partial charge is 0.467 e. The van der Waals surface area contributed by atoms with Crippen LogP contribution in [0.4, 0.5) is 0 Å². The summed E-state index contributed by atoms with van der Waals surface area (Å²) in [4.78, 5) is 12.0. The highest BCUT2D eigenvalue weighted by Gasteiger charge is 2.35. The molecular weight excluding hydrogens is 244 g/mol. The van der Waals surface area contributed by atoms with E-state index in [9.17, 15) is 4.79 Å². The lowest BCUT2D eigenvalue weighted by Gasteiger charge is -2.22. The van der Waals surface area contributed by atoms with E-state index in [4.69, 9.17) is 9.15 Å². The zero-order valence-corrected chi connectivity index (χ0v) is 11.4. The van der Waals surface area contributed by atoms with Crippen molar-refractivity contribution in [1.82, 2.24) is 10.6 Å². The molecule has 5 heteroatoms. The van der Waals surface area contributed by atoms with Crippen LogP contribution in [-0.2, 0) is 16.1 Å². The second-order valence-electron chi connectivity index (χ2n) is 5.10. The Balaban J connectivity index is 1.53. The van der Waals surface area contributed by atoms with Crippen LogP contribution in [0.15, 0.2) is 22.8 Å². The summed E-state index contributed by atoms with van der Waals surface area (Å²) in [6, 6.07) is 3.72. The van der Waals surface area contributed by atoms with Crippen LogP contribution < -0.4 is 10.6 Å². The van der Waals surface area contributed by atoms with E-state index < -0.39 is 0 Å². The first-order valence-corrected chi connectivity index (χ1v) is 6.84. The Kier molecular flexibility index (Phi) is 4.99. The summed E-state index contributed by atoms with van der Waals surface area (Å²) in [5.41, 5.74) is -0.380. The number of hydrogen-bond acceptors (Lipinski definition) is 4. The van der Waals surface area contributed by atoms with Crippen LogP contribution in [0.1, 0.15) is 31.9 Å². The average molecular weight is 266 g/mol. The van der Waals surface area contributed by atoms with E-state index in [-0.39, 0.29) is 11.4 Å². The summed E-state index contributed by atoms with van der Waals surface area (Å²) in [7, 11) is 0. The number of rotatable bonds is 7. The third kappa shape index (κ3) is 4.08. The molecular formula is C14H22N2O3. The predicted molar refractivity (Wildman–Crippen MR) is 71.6 cm³/mol. The van der Waals surface area contributed by atoms with Crippen molar-refractivity contribution in [2.75, 3.05) is 19.7 Å². The molecule has 2 rings (SSSR count). The maximum absolute atomic E-state index is 12.0. The molecule has 1 aromatic heterocycles. The van der Waals surface area contributed by atoms with Gasteiger partial charge in [0.05, 0.1) is 11.8 Å². The van der Waals surface area contributed by atoms with Gasteiger partial charge in [0.1, 0.15) is 12.4 Å². The molecule has 1 unspecified atom stereocenters. The van der Waals surface area contributed by atoms with Crippen molar-refractivity contribution in [3.05, 3.63) is 24.2 Å². The Morgan fingerprint density at radius 1 is 1.63 bits per heavy atom. The Labute approximate surface area is 113 Å². The predicted octanol–water partition coefficient (Wildman–Crippen LogP) is 1.44. The summed E-state index contributed by atoms with van der Waals surface area (Å²) < 4.78 is 10.6. The number of carbonyl (C=O) groups excluding carboxylic acids is 1. The molecule has 0 saturated carbocycles. The van der Waals surface area contributed by atoms with Crippen molar-refractivity contribution in [3.8, 4) is 0 Å². The molecule has 0 bridgehead atoms. The molecule has 1 fully saturated rings. The van der Waals surface area contributed by atoms with Crippen LogP contribution in [0.3, 0.4) is 0 Å². The highest BCUT2D eigenvalue weighted by molar-refractivity contribution is 5.86. The fourth-order valence-electron chi connectivity index (χ4n) is 2.23. The van der Waals surface area contributed by atoms with Crippen molar-refractivity contribution in [1.29, 1.82) is 0 Å². The van der Waals surface area contributed by atoms with Crippen LogP contribution >= 0.6 is 0 Å². The van der Waals surface area contributed by atoms with E-state index in [1.54, 1.807) is 6.26 Å². The SMILES string of the molecule is CC1(C(=O)NCCCOCc2ccco2)CCCN1. The number of carbonyl (C=O) groups is 1. The first-order valence-electron chi connectivity index (χ1n) is 6.84. The second-order valence-corrected chi connectivity index (χ2v) is 5.10. The molecule has 19 heavy (non-hydrogen) atoms. The van der Waals surface area contributed by atoms with E-state index >= 15 is 0 Å². The molecule has 1 aliphatic heterocycles. The Morgan fingerprint density at radius 3 is 3.21 bits per heavy atom. The Morgan fingerprint density at radius 2 is 2.53 bits per heavy atom. The molecule has 1 saturated heterocycles. The quantitative estimate of drug-likeness (QED) is 0.733. The van der Waals surface area contributed by atoms with Crippen LogP contribution in [0.2, 0.25) is 0 Å². The number of amides is 1. The molecule has 0 aromatic carbocycles. The number of furan rings is 1. The summed E-state index contributed by atoms with van der Waals surface area (Å²) in [5.74, 6) is 0.919. The summed E-state index contributed by atoms with van der Waals surface area (Å²) in [6.07, 6.45) is 4.42. The van der Waals surface area contributed by atoms with Crippen molar-refractivity contribution < 1.29 is 13.9 Å². The molecule has 1 atom stereocenters. The molecule has 1 aliphatic rings. The molecule has 5 nitrogen and oxygen atoms in total. The first-order chi connectivity index (χ1) is 9.21. The fraction of sp³-hybridized carbons (Fsp3) is 0.643. The lowest BCUT2D eigenvalue weighted by atomic mass is 9.99.